The second-order valence-electron chi connectivity index (χ2n) is 6.81. The van der Waals surface area contributed by atoms with Crippen LogP contribution in [0, 0.1) is 21.4 Å². The van der Waals surface area contributed by atoms with Crippen molar-refractivity contribution in [3.8, 4) is 0 Å². The number of nitro groups is 1. The van der Waals surface area contributed by atoms with E-state index in [4.69, 9.17) is 0 Å². The van der Waals surface area contributed by atoms with E-state index in [0.717, 1.165) is 19.5 Å². The maximum Gasteiger partial charge on any atom is 0.293 e. The molecule has 5 heteroatoms. The van der Waals surface area contributed by atoms with Gasteiger partial charge in [0.25, 0.3) is 5.69 Å². The van der Waals surface area contributed by atoms with Gasteiger partial charge in [-0.1, -0.05) is 20.8 Å². The van der Waals surface area contributed by atoms with Gasteiger partial charge in [-0.25, -0.2) is 0 Å². The van der Waals surface area contributed by atoms with Crippen molar-refractivity contribution in [2.45, 2.75) is 34.1 Å². The molecule has 114 valence electrons. The molecule has 1 fully saturated rings. The summed E-state index contributed by atoms with van der Waals surface area (Å²) in [4.78, 5) is 24.4. The molecule has 1 aromatic carbocycles. The molecule has 0 aliphatic carbocycles. The summed E-state index contributed by atoms with van der Waals surface area (Å²) in [5.41, 5.74) is 1.23. The van der Waals surface area contributed by atoms with Crippen LogP contribution in [0.3, 0.4) is 0 Å². The number of nitro benzene ring substituents is 1. The highest BCUT2D eigenvalue weighted by Gasteiger charge is 2.34. The number of rotatable bonds is 3. The summed E-state index contributed by atoms with van der Waals surface area (Å²) in [6.45, 7) is 9.67. The van der Waals surface area contributed by atoms with Crippen LogP contribution in [0.1, 0.15) is 44.5 Å². The van der Waals surface area contributed by atoms with Gasteiger partial charge < -0.3 is 4.90 Å². The SMILES string of the molecule is CC(=O)c1ccc(N2CCC(C(C)(C)C)C2)c([N+](=O)[O-])c1. The van der Waals surface area contributed by atoms with Gasteiger partial charge in [0.2, 0.25) is 0 Å². The third-order valence-electron chi connectivity index (χ3n) is 4.33. The molecule has 1 saturated heterocycles. The topological polar surface area (TPSA) is 63.5 Å². The number of ketones is 1. The predicted octanol–water partition coefficient (Wildman–Crippen LogP) is 3.67. The van der Waals surface area contributed by atoms with Crippen molar-refractivity contribution >= 4 is 17.2 Å². The van der Waals surface area contributed by atoms with Gasteiger partial charge in [0, 0.05) is 24.7 Å². The third kappa shape index (κ3) is 3.23. The fourth-order valence-electron chi connectivity index (χ4n) is 2.84. The van der Waals surface area contributed by atoms with Crippen LogP contribution in [0.25, 0.3) is 0 Å². The minimum absolute atomic E-state index is 0.0252. The van der Waals surface area contributed by atoms with Crippen LogP contribution in [-0.4, -0.2) is 23.8 Å². The summed E-state index contributed by atoms with van der Waals surface area (Å²) in [7, 11) is 0. The Balaban J connectivity index is 2.32. The van der Waals surface area contributed by atoms with E-state index in [1.807, 2.05) is 0 Å². The van der Waals surface area contributed by atoms with Crippen LogP contribution in [-0.2, 0) is 0 Å². The smallest absolute Gasteiger partial charge is 0.293 e. The molecule has 5 nitrogen and oxygen atoms in total. The third-order valence-corrected chi connectivity index (χ3v) is 4.33. The Hall–Kier alpha value is -1.91. The zero-order valence-corrected chi connectivity index (χ0v) is 13.0. The summed E-state index contributed by atoms with van der Waals surface area (Å²) in [6, 6.07) is 4.77. The lowest BCUT2D eigenvalue weighted by molar-refractivity contribution is -0.384. The monoisotopic (exact) mass is 290 g/mol. The molecule has 0 N–H and O–H groups in total. The number of anilines is 1. The average Bonchev–Trinajstić information content (AvgIpc) is 2.87. The van der Waals surface area contributed by atoms with E-state index in [2.05, 4.69) is 25.7 Å². The molecule has 0 amide bonds. The van der Waals surface area contributed by atoms with Gasteiger partial charge in [0.15, 0.2) is 5.78 Å². The Bertz CT molecular complexity index is 575. The van der Waals surface area contributed by atoms with Gasteiger partial charge in [0.05, 0.1) is 4.92 Å². The first-order chi connectivity index (χ1) is 9.70. The summed E-state index contributed by atoms with van der Waals surface area (Å²) in [5, 5.41) is 11.3. The van der Waals surface area contributed by atoms with Crippen molar-refractivity contribution < 1.29 is 9.72 Å². The van der Waals surface area contributed by atoms with Crippen LogP contribution in [0.5, 0.6) is 0 Å². The average molecular weight is 290 g/mol. The van der Waals surface area contributed by atoms with Crippen molar-refractivity contribution in [3.63, 3.8) is 0 Å². The summed E-state index contributed by atoms with van der Waals surface area (Å²) in [6.07, 6.45) is 1.04. The molecule has 0 saturated carbocycles. The number of benzene rings is 1. The van der Waals surface area contributed by atoms with E-state index in [9.17, 15) is 14.9 Å². The summed E-state index contributed by atoms with van der Waals surface area (Å²) in [5.74, 6) is 0.364. The van der Waals surface area contributed by atoms with Crippen LogP contribution in [0.15, 0.2) is 18.2 Å². The van der Waals surface area contributed by atoms with Crippen molar-refractivity contribution in [1.82, 2.24) is 0 Å². The predicted molar refractivity (Wildman–Crippen MR) is 82.9 cm³/mol. The van der Waals surface area contributed by atoms with Crippen LogP contribution in [0.4, 0.5) is 11.4 Å². The second kappa shape index (κ2) is 5.47. The fraction of sp³-hybridized carbons (Fsp3) is 0.562. The van der Waals surface area contributed by atoms with Crippen molar-refractivity contribution in [1.29, 1.82) is 0 Å². The van der Waals surface area contributed by atoms with Crippen LogP contribution < -0.4 is 4.90 Å². The lowest BCUT2D eigenvalue weighted by atomic mass is 9.80. The number of carbonyl (C=O) groups excluding carboxylic acids is 1. The van der Waals surface area contributed by atoms with Crippen molar-refractivity contribution in [2.24, 2.45) is 11.3 Å². The first-order valence-corrected chi connectivity index (χ1v) is 7.24. The minimum Gasteiger partial charge on any atom is -0.366 e. The highest BCUT2D eigenvalue weighted by Crippen LogP contribution is 2.38. The Kier molecular flexibility index (Phi) is 4.03. The van der Waals surface area contributed by atoms with Gasteiger partial charge in [0.1, 0.15) is 5.69 Å². The largest absolute Gasteiger partial charge is 0.366 e. The lowest BCUT2D eigenvalue weighted by Crippen LogP contribution is -2.26. The zero-order chi connectivity index (χ0) is 15.8. The van der Waals surface area contributed by atoms with Gasteiger partial charge >= 0.3 is 0 Å². The molecular weight excluding hydrogens is 268 g/mol. The van der Waals surface area contributed by atoms with Gasteiger partial charge in [-0.3, -0.25) is 14.9 Å². The van der Waals surface area contributed by atoms with Crippen LogP contribution in [0.2, 0.25) is 0 Å². The molecule has 0 spiro atoms. The molecule has 1 aliphatic heterocycles. The maximum atomic E-state index is 11.4. The number of hydrogen-bond donors (Lipinski definition) is 0. The minimum atomic E-state index is -0.397. The molecule has 0 bridgehead atoms. The van der Waals surface area contributed by atoms with E-state index in [1.165, 1.54) is 13.0 Å². The Morgan fingerprint density at radius 2 is 2.05 bits per heavy atom. The molecule has 1 atom stereocenters. The number of hydrogen-bond acceptors (Lipinski definition) is 4. The van der Waals surface area contributed by atoms with Gasteiger partial charge in [-0.2, -0.15) is 0 Å². The first kappa shape index (κ1) is 15.5. The van der Waals surface area contributed by atoms with Crippen molar-refractivity contribution in [3.05, 3.63) is 33.9 Å². The molecular formula is C16H22N2O3. The van der Waals surface area contributed by atoms with Crippen LogP contribution >= 0.6 is 0 Å². The second-order valence-corrected chi connectivity index (χ2v) is 6.81. The van der Waals surface area contributed by atoms with Gasteiger partial charge in [-0.15, -0.1) is 0 Å². The van der Waals surface area contributed by atoms with E-state index in [1.54, 1.807) is 12.1 Å². The number of Topliss-reactive ketones (excluding diaryl/α,β-unsaturated/α-hetero) is 1. The lowest BCUT2D eigenvalue weighted by Gasteiger charge is -2.27. The van der Waals surface area contributed by atoms with E-state index in [0.29, 0.717) is 17.2 Å². The molecule has 0 radical (unpaired) electrons. The standard InChI is InChI=1S/C16H22N2O3/c1-11(19)12-5-6-14(15(9-12)18(20)21)17-8-7-13(10-17)16(2,3)4/h5-6,9,13H,7-8,10H2,1-4H3. The molecule has 1 unspecified atom stereocenters. The Morgan fingerprint density at radius 3 is 2.52 bits per heavy atom. The number of nitrogens with zero attached hydrogens (tertiary/aromatic N) is 2. The van der Waals surface area contributed by atoms with E-state index >= 15 is 0 Å². The molecule has 1 aromatic rings. The fourth-order valence-corrected chi connectivity index (χ4v) is 2.84. The highest BCUT2D eigenvalue weighted by molar-refractivity contribution is 5.95. The molecule has 21 heavy (non-hydrogen) atoms. The molecule has 1 aliphatic rings. The quantitative estimate of drug-likeness (QED) is 0.484. The molecule has 2 rings (SSSR count). The normalized spacial score (nSPS) is 18.9. The number of carbonyl (C=O) groups is 1. The molecule has 0 aromatic heterocycles. The molecule has 1 heterocycles. The Labute approximate surface area is 125 Å². The van der Waals surface area contributed by atoms with E-state index in [-0.39, 0.29) is 16.9 Å². The van der Waals surface area contributed by atoms with E-state index < -0.39 is 4.92 Å². The summed E-state index contributed by atoms with van der Waals surface area (Å²) < 4.78 is 0. The van der Waals surface area contributed by atoms with Crippen molar-refractivity contribution in [2.75, 3.05) is 18.0 Å². The summed E-state index contributed by atoms with van der Waals surface area (Å²) >= 11 is 0. The zero-order valence-electron chi connectivity index (χ0n) is 13.0. The van der Waals surface area contributed by atoms with Gasteiger partial charge in [-0.05, 0) is 36.8 Å². The first-order valence-electron chi connectivity index (χ1n) is 7.24. The maximum absolute atomic E-state index is 11.4. The Morgan fingerprint density at radius 1 is 1.38 bits per heavy atom. The highest BCUT2D eigenvalue weighted by atomic mass is 16.6.